The van der Waals surface area contributed by atoms with Gasteiger partial charge in [-0.05, 0) is 35.9 Å². The van der Waals surface area contributed by atoms with Crippen molar-refractivity contribution in [1.29, 1.82) is 0 Å². The van der Waals surface area contributed by atoms with E-state index in [0.717, 1.165) is 11.3 Å². The first kappa shape index (κ1) is 15.7. The molecule has 3 aromatic rings. The number of carbonyl (C=O) groups excluding carboxylic acids is 1. The van der Waals surface area contributed by atoms with Crippen LogP contribution in [-0.4, -0.2) is 20.4 Å². The molecule has 4 heteroatoms. The molecular weight excluding hydrogens is 302 g/mol. The Balaban J connectivity index is 2.02. The van der Waals surface area contributed by atoms with Gasteiger partial charge in [0.15, 0.2) is 6.29 Å². The summed E-state index contributed by atoms with van der Waals surface area (Å²) in [4.78, 5) is 25.7. The molecule has 0 aliphatic carbocycles. The van der Waals surface area contributed by atoms with E-state index in [2.05, 4.69) is 0 Å². The minimum absolute atomic E-state index is 0.0369. The monoisotopic (exact) mass is 319 g/mol. The van der Waals surface area contributed by atoms with Gasteiger partial charge in [-0.2, -0.15) is 0 Å². The van der Waals surface area contributed by atoms with Crippen molar-refractivity contribution < 1.29 is 9.21 Å². The van der Waals surface area contributed by atoms with Crippen LogP contribution in [-0.2, 0) is 0 Å². The molecule has 0 N–H and O–H groups in total. The summed E-state index contributed by atoms with van der Waals surface area (Å²) in [5.74, 6) is 0.269. The average molecular weight is 319 g/mol. The van der Waals surface area contributed by atoms with Gasteiger partial charge in [0.25, 0.3) is 0 Å². The molecule has 0 amide bonds. The zero-order valence-corrected chi connectivity index (χ0v) is 13.5. The quantitative estimate of drug-likeness (QED) is 0.686. The molecule has 2 aromatic carbocycles. The van der Waals surface area contributed by atoms with E-state index in [1.54, 1.807) is 30.3 Å². The number of aldehydes is 1. The number of hydrogen-bond acceptors (Lipinski definition) is 4. The Morgan fingerprint density at radius 3 is 2.33 bits per heavy atom. The molecule has 24 heavy (non-hydrogen) atoms. The summed E-state index contributed by atoms with van der Waals surface area (Å²) in [5.41, 5.74) is 2.24. The van der Waals surface area contributed by atoms with E-state index in [-0.39, 0.29) is 16.8 Å². The van der Waals surface area contributed by atoms with E-state index >= 15 is 0 Å². The van der Waals surface area contributed by atoms with Gasteiger partial charge >= 0.3 is 0 Å². The lowest BCUT2D eigenvalue weighted by molar-refractivity contribution is 0.112. The molecule has 0 saturated carbocycles. The van der Waals surface area contributed by atoms with E-state index in [4.69, 9.17) is 4.42 Å². The second kappa shape index (κ2) is 6.54. The summed E-state index contributed by atoms with van der Waals surface area (Å²) >= 11 is 0. The fourth-order valence-electron chi connectivity index (χ4n) is 2.46. The minimum Gasteiger partial charge on any atom is -0.456 e. The molecule has 0 unspecified atom stereocenters. The van der Waals surface area contributed by atoms with E-state index in [0.29, 0.717) is 17.3 Å². The Morgan fingerprint density at radius 2 is 1.67 bits per heavy atom. The molecule has 0 spiro atoms. The molecule has 120 valence electrons. The molecule has 0 radical (unpaired) electrons. The summed E-state index contributed by atoms with van der Waals surface area (Å²) in [5, 5.41) is 0.409. The zero-order chi connectivity index (χ0) is 17.1. The SMILES string of the molecule is CN(C)c1ccc(C=Cc2oc3ccccc3c(=O)c2C=O)cc1. The van der Waals surface area contributed by atoms with Gasteiger partial charge in [0.1, 0.15) is 16.9 Å². The first-order valence-electron chi connectivity index (χ1n) is 7.56. The van der Waals surface area contributed by atoms with Gasteiger partial charge in [-0.3, -0.25) is 9.59 Å². The van der Waals surface area contributed by atoms with Crippen LogP contribution in [0.15, 0.2) is 57.7 Å². The van der Waals surface area contributed by atoms with Gasteiger partial charge in [0.05, 0.1) is 5.39 Å². The fraction of sp³-hybridized carbons (Fsp3) is 0.100. The lowest BCUT2D eigenvalue weighted by Gasteiger charge is -2.11. The number of anilines is 1. The van der Waals surface area contributed by atoms with E-state index in [1.165, 1.54) is 0 Å². The number of rotatable bonds is 4. The Bertz CT molecular complexity index is 966. The second-order valence-electron chi connectivity index (χ2n) is 5.64. The Hall–Kier alpha value is -3.14. The van der Waals surface area contributed by atoms with Crippen LogP contribution in [0, 0.1) is 0 Å². The number of hydrogen-bond donors (Lipinski definition) is 0. The third-order valence-electron chi connectivity index (χ3n) is 3.82. The maximum Gasteiger partial charge on any atom is 0.203 e. The Morgan fingerprint density at radius 1 is 0.958 bits per heavy atom. The van der Waals surface area contributed by atoms with Crippen molar-refractivity contribution in [1.82, 2.24) is 0 Å². The molecule has 0 fully saturated rings. The van der Waals surface area contributed by atoms with Crippen LogP contribution in [0.4, 0.5) is 5.69 Å². The molecule has 0 aliphatic rings. The van der Waals surface area contributed by atoms with Crippen molar-refractivity contribution in [2.45, 2.75) is 0 Å². The van der Waals surface area contributed by atoms with Crippen molar-refractivity contribution in [3.8, 4) is 0 Å². The minimum atomic E-state index is -0.311. The Labute approximate surface area is 139 Å². The van der Waals surface area contributed by atoms with Crippen molar-refractivity contribution >= 4 is 35.1 Å². The highest BCUT2D eigenvalue weighted by molar-refractivity contribution is 5.89. The number of benzene rings is 2. The normalized spacial score (nSPS) is 11.1. The lowest BCUT2D eigenvalue weighted by Crippen LogP contribution is -2.10. The predicted octanol–water partition coefficient (Wildman–Crippen LogP) is 3.84. The van der Waals surface area contributed by atoms with E-state index < -0.39 is 0 Å². The van der Waals surface area contributed by atoms with Crippen molar-refractivity contribution in [3.05, 3.63) is 75.6 Å². The summed E-state index contributed by atoms with van der Waals surface area (Å²) in [6.45, 7) is 0. The van der Waals surface area contributed by atoms with Gasteiger partial charge in [0.2, 0.25) is 5.43 Å². The molecule has 0 atom stereocenters. The summed E-state index contributed by atoms with van der Waals surface area (Å²) in [6, 6.07) is 14.8. The smallest absolute Gasteiger partial charge is 0.203 e. The first-order chi connectivity index (χ1) is 11.6. The highest BCUT2D eigenvalue weighted by Gasteiger charge is 2.11. The van der Waals surface area contributed by atoms with Gasteiger partial charge in [-0.1, -0.05) is 30.3 Å². The third-order valence-corrected chi connectivity index (χ3v) is 3.82. The molecule has 0 saturated heterocycles. The van der Waals surface area contributed by atoms with Crippen LogP contribution in [0.3, 0.4) is 0 Å². The number of carbonyl (C=O) groups is 1. The zero-order valence-electron chi connectivity index (χ0n) is 13.5. The topological polar surface area (TPSA) is 50.5 Å². The van der Waals surface area contributed by atoms with Crippen LogP contribution < -0.4 is 10.3 Å². The average Bonchev–Trinajstić information content (AvgIpc) is 2.60. The maximum atomic E-state index is 12.4. The van der Waals surface area contributed by atoms with Crippen molar-refractivity contribution in [3.63, 3.8) is 0 Å². The molecule has 1 heterocycles. The number of para-hydroxylation sites is 1. The molecular formula is C20H17NO3. The highest BCUT2D eigenvalue weighted by Crippen LogP contribution is 2.18. The molecule has 0 aliphatic heterocycles. The maximum absolute atomic E-state index is 12.4. The molecule has 3 rings (SSSR count). The lowest BCUT2D eigenvalue weighted by atomic mass is 10.1. The fourth-order valence-corrected chi connectivity index (χ4v) is 2.46. The second-order valence-corrected chi connectivity index (χ2v) is 5.64. The highest BCUT2D eigenvalue weighted by atomic mass is 16.3. The summed E-state index contributed by atoms with van der Waals surface area (Å²) in [6.07, 6.45) is 4.02. The molecule has 1 aromatic heterocycles. The predicted molar refractivity (Wildman–Crippen MR) is 97.6 cm³/mol. The Kier molecular flexibility index (Phi) is 4.29. The van der Waals surface area contributed by atoms with Gasteiger partial charge in [-0.15, -0.1) is 0 Å². The number of nitrogens with zero attached hydrogens (tertiary/aromatic N) is 1. The van der Waals surface area contributed by atoms with Crippen LogP contribution in [0.5, 0.6) is 0 Å². The van der Waals surface area contributed by atoms with Crippen LogP contribution >= 0.6 is 0 Å². The van der Waals surface area contributed by atoms with Gasteiger partial charge < -0.3 is 9.32 Å². The largest absolute Gasteiger partial charge is 0.456 e. The third kappa shape index (κ3) is 2.99. The van der Waals surface area contributed by atoms with Gasteiger partial charge in [-0.25, -0.2) is 0 Å². The van der Waals surface area contributed by atoms with Crippen molar-refractivity contribution in [2.24, 2.45) is 0 Å². The van der Waals surface area contributed by atoms with E-state index in [1.807, 2.05) is 49.3 Å². The molecule has 4 nitrogen and oxygen atoms in total. The summed E-state index contributed by atoms with van der Waals surface area (Å²) in [7, 11) is 3.95. The van der Waals surface area contributed by atoms with Gasteiger partial charge in [0, 0.05) is 19.8 Å². The first-order valence-corrected chi connectivity index (χ1v) is 7.56. The van der Waals surface area contributed by atoms with Crippen LogP contribution in [0.1, 0.15) is 21.7 Å². The summed E-state index contributed by atoms with van der Waals surface area (Å²) < 4.78 is 5.72. The standard InChI is InChI=1S/C20H17NO3/c1-21(2)15-10-7-14(8-11-15)9-12-19-17(13-22)20(23)16-5-3-4-6-18(16)24-19/h3-13H,1-2H3. The van der Waals surface area contributed by atoms with Crippen molar-refractivity contribution in [2.75, 3.05) is 19.0 Å². The van der Waals surface area contributed by atoms with Crippen LogP contribution in [0.25, 0.3) is 23.1 Å². The number of fused-ring (bicyclic) bond motifs is 1. The van der Waals surface area contributed by atoms with E-state index in [9.17, 15) is 9.59 Å². The van der Waals surface area contributed by atoms with Crippen LogP contribution in [0.2, 0.25) is 0 Å². The molecule has 0 bridgehead atoms.